The summed E-state index contributed by atoms with van der Waals surface area (Å²) in [5.74, 6) is 0. The number of rotatable bonds is 4. The van der Waals surface area contributed by atoms with Crippen LogP contribution in [0.2, 0.25) is 0 Å². The van der Waals surface area contributed by atoms with Crippen molar-refractivity contribution < 1.29 is 4.74 Å². The summed E-state index contributed by atoms with van der Waals surface area (Å²) in [7, 11) is 4.47. The van der Waals surface area contributed by atoms with E-state index in [4.69, 9.17) is 4.74 Å². The highest BCUT2D eigenvalue weighted by atomic mass is 31.0. The third-order valence-corrected chi connectivity index (χ3v) is 1.61. The molecular weight excluding hydrogens is 119 g/mol. The lowest BCUT2D eigenvalue weighted by Gasteiger charge is -2.09. The molecule has 0 aromatic carbocycles. The summed E-state index contributed by atoms with van der Waals surface area (Å²) < 4.78 is 5.13. The Morgan fingerprint density at radius 3 is 2.38 bits per heavy atom. The van der Waals surface area contributed by atoms with Gasteiger partial charge in [-0.25, -0.2) is 0 Å². The summed E-state index contributed by atoms with van der Waals surface area (Å²) in [6.07, 6.45) is 3.92. The fourth-order valence-corrected chi connectivity index (χ4v) is 1.05. The lowest BCUT2D eigenvalue weighted by molar-refractivity contribution is 0.0973. The Balaban J connectivity index is 3.07. The van der Waals surface area contributed by atoms with Crippen LogP contribution in [0.15, 0.2) is 0 Å². The van der Waals surface area contributed by atoms with E-state index in [1.807, 2.05) is 0 Å². The van der Waals surface area contributed by atoms with Gasteiger partial charge in [0.05, 0.1) is 6.10 Å². The zero-order chi connectivity index (χ0) is 6.41. The Hall–Kier alpha value is 0.390. The maximum atomic E-state index is 5.13. The predicted octanol–water partition coefficient (Wildman–Crippen LogP) is 1.68. The molecule has 0 aliphatic heterocycles. The Bertz CT molecular complexity index is 43.8. The summed E-state index contributed by atoms with van der Waals surface area (Å²) in [4.78, 5) is 0. The molecule has 2 heteroatoms. The second-order valence-corrected chi connectivity index (χ2v) is 2.42. The van der Waals surface area contributed by atoms with Crippen LogP contribution in [-0.2, 0) is 4.74 Å². The molecule has 0 rings (SSSR count). The van der Waals surface area contributed by atoms with Crippen LogP contribution in [0.25, 0.3) is 0 Å². The fraction of sp³-hybridized carbons (Fsp3) is 1.00. The van der Waals surface area contributed by atoms with Gasteiger partial charge in [-0.2, -0.15) is 0 Å². The van der Waals surface area contributed by atoms with Gasteiger partial charge in [0.15, 0.2) is 0 Å². The molecule has 50 valence electrons. The van der Waals surface area contributed by atoms with Gasteiger partial charge >= 0.3 is 0 Å². The molecule has 0 saturated carbocycles. The molecule has 0 spiro atoms. The largest absolute Gasteiger partial charge is 0.381 e. The smallest absolute Gasteiger partial charge is 0.0572 e. The van der Waals surface area contributed by atoms with Gasteiger partial charge in [0.2, 0.25) is 0 Å². The van der Waals surface area contributed by atoms with Crippen molar-refractivity contribution in [3.63, 3.8) is 0 Å². The van der Waals surface area contributed by atoms with Crippen LogP contribution in [0.4, 0.5) is 0 Å². The highest BCUT2D eigenvalue weighted by Crippen LogP contribution is 2.03. The van der Waals surface area contributed by atoms with E-state index in [1.54, 1.807) is 7.11 Å². The molecular formula is C6H15OP. The molecule has 1 nitrogen and oxygen atoms in total. The van der Waals surface area contributed by atoms with Gasteiger partial charge in [0.1, 0.15) is 0 Å². The van der Waals surface area contributed by atoms with Crippen LogP contribution < -0.4 is 0 Å². The second kappa shape index (κ2) is 5.53. The number of hydrogen-bond donors (Lipinski definition) is 0. The average Bonchev–Trinajstić information content (AvgIpc) is 1.83. The van der Waals surface area contributed by atoms with Crippen LogP contribution in [0.1, 0.15) is 19.8 Å². The normalized spacial score (nSPS) is 13.9. The van der Waals surface area contributed by atoms with Gasteiger partial charge in [0.25, 0.3) is 0 Å². The molecule has 0 saturated heterocycles. The second-order valence-electron chi connectivity index (χ2n) is 1.84. The van der Waals surface area contributed by atoms with E-state index >= 15 is 0 Å². The predicted molar refractivity (Wildman–Crippen MR) is 40.3 cm³/mol. The number of methoxy groups -OCH3 is 1. The Kier molecular flexibility index (Phi) is 5.79. The summed E-state index contributed by atoms with van der Waals surface area (Å²) >= 11 is 0. The molecule has 8 heavy (non-hydrogen) atoms. The van der Waals surface area contributed by atoms with Gasteiger partial charge < -0.3 is 4.74 Å². The molecule has 0 fully saturated rings. The van der Waals surface area contributed by atoms with Crippen molar-refractivity contribution in [2.45, 2.75) is 25.9 Å². The molecule has 0 amide bonds. The first kappa shape index (κ1) is 8.39. The monoisotopic (exact) mass is 134 g/mol. The van der Waals surface area contributed by atoms with Crippen LogP contribution in [-0.4, -0.2) is 19.4 Å². The van der Waals surface area contributed by atoms with E-state index in [1.165, 1.54) is 0 Å². The van der Waals surface area contributed by atoms with Crippen molar-refractivity contribution >= 4 is 9.24 Å². The van der Waals surface area contributed by atoms with Gasteiger partial charge in [-0.05, 0) is 19.0 Å². The third-order valence-electron chi connectivity index (χ3n) is 1.28. The zero-order valence-electron chi connectivity index (χ0n) is 5.68. The molecule has 0 bridgehead atoms. The molecule has 1 unspecified atom stereocenters. The van der Waals surface area contributed by atoms with Gasteiger partial charge in [-0.15, -0.1) is 9.24 Å². The Morgan fingerprint density at radius 1 is 1.62 bits per heavy atom. The highest BCUT2D eigenvalue weighted by molar-refractivity contribution is 7.16. The summed E-state index contributed by atoms with van der Waals surface area (Å²) in [5.41, 5.74) is 0. The Labute approximate surface area is 54.0 Å². The fourth-order valence-electron chi connectivity index (χ4n) is 0.675. The minimum absolute atomic E-state index is 0.479. The van der Waals surface area contributed by atoms with Crippen LogP contribution in [0.5, 0.6) is 0 Å². The molecule has 0 aliphatic carbocycles. The standard InChI is InChI=1S/C6H15OP/c1-3-6(7-2)4-5-8/h6H,3-5,8H2,1-2H3/t6-/m1/s1. The van der Waals surface area contributed by atoms with Crippen LogP contribution in [0.3, 0.4) is 0 Å². The first-order chi connectivity index (χ1) is 3.85. The van der Waals surface area contributed by atoms with E-state index in [0.717, 1.165) is 19.0 Å². The van der Waals surface area contributed by atoms with Crippen molar-refractivity contribution in [1.82, 2.24) is 0 Å². The molecule has 0 heterocycles. The molecule has 0 aromatic heterocycles. The number of hydrogen-bond acceptors (Lipinski definition) is 1. The van der Waals surface area contributed by atoms with E-state index in [-0.39, 0.29) is 0 Å². The van der Waals surface area contributed by atoms with Crippen molar-refractivity contribution in [2.24, 2.45) is 0 Å². The summed E-state index contributed by atoms with van der Waals surface area (Å²) in [5, 5.41) is 0. The lowest BCUT2D eigenvalue weighted by Crippen LogP contribution is -2.08. The quantitative estimate of drug-likeness (QED) is 0.531. The molecule has 2 atom stereocenters. The number of ether oxygens (including phenoxy) is 1. The van der Waals surface area contributed by atoms with Crippen LogP contribution >= 0.6 is 9.24 Å². The van der Waals surface area contributed by atoms with Gasteiger partial charge in [-0.3, -0.25) is 0 Å². The van der Waals surface area contributed by atoms with Crippen molar-refractivity contribution in [3.05, 3.63) is 0 Å². The van der Waals surface area contributed by atoms with Crippen molar-refractivity contribution in [2.75, 3.05) is 13.3 Å². The summed E-state index contributed by atoms with van der Waals surface area (Å²) in [6, 6.07) is 0. The molecule has 0 radical (unpaired) electrons. The summed E-state index contributed by atoms with van der Waals surface area (Å²) in [6.45, 7) is 2.15. The highest BCUT2D eigenvalue weighted by Gasteiger charge is 1.99. The molecule has 0 N–H and O–H groups in total. The maximum absolute atomic E-state index is 5.13. The minimum atomic E-state index is 0.479. The van der Waals surface area contributed by atoms with Gasteiger partial charge in [-0.1, -0.05) is 6.92 Å². The van der Waals surface area contributed by atoms with Crippen molar-refractivity contribution in [3.8, 4) is 0 Å². The first-order valence-electron chi connectivity index (χ1n) is 3.08. The van der Waals surface area contributed by atoms with Crippen LogP contribution in [0, 0.1) is 0 Å². The average molecular weight is 134 g/mol. The van der Waals surface area contributed by atoms with Crippen molar-refractivity contribution in [1.29, 1.82) is 0 Å². The molecule has 0 aliphatic rings. The van der Waals surface area contributed by atoms with E-state index < -0.39 is 0 Å². The Morgan fingerprint density at radius 2 is 2.25 bits per heavy atom. The topological polar surface area (TPSA) is 9.23 Å². The van der Waals surface area contributed by atoms with E-state index in [9.17, 15) is 0 Å². The zero-order valence-corrected chi connectivity index (χ0v) is 6.84. The lowest BCUT2D eigenvalue weighted by atomic mass is 10.2. The van der Waals surface area contributed by atoms with E-state index in [0.29, 0.717) is 6.10 Å². The maximum Gasteiger partial charge on any atom is 0.0572 e. The first-order valence-corrected chi connectivity index (χ1v) is 3.89. The third kappa shape index (κ3) is 3.40. The SMILES string of the molecule is CC[C@H](CCP)OC. The minimum Gasteiger partial charge on any atom is -0.381 e. The molecule has 0 aromatic rings. The van der Waals surface area contributed by atoms with Gasteiger partial charge in [0, 0.05) is 7.11 Å². The van der Waals surface area contributed by atoms with E-state index in [2.05, 4.69) is 16.2 Å².